The molecule has 2 N–H and O–H groups in total. The van der Waals surface area contributed by atoms with Gasteiger partial charge < -0.3 is 15.2 Å². The molecule has 16 heavy (non-hydrogen) atoms. The van der Waals surface area contributed by atoms with Gasteiger partial charge in [-0.3, -0.25) is 0 Å². The normalized spacial score (nSPS) is 11.2. The van der Waals surface area contributed by atoms with Gasteiger partial charge in [0.05, 0.1) is 6.61 Å². The number of rotatable bonds is 6. The minimum atomic E-state index is -0.0986. The number of hydrogen-bond acceptors (Lipinski definition) is 3. The molecule has 1 aromatic rings. The van der Waals surface area contributed by atoms with Gasteiger partial charge in [0.1, 0.15) is 5.75 Å². The predicted octanol–water partition coefficient (Wildman–Crippen LogP) is 2.52. The predicted molar refractivity (Wildman–Crippen MR) is 67.0 cm³/mol. The third kappa shape index (κ3) is 4.11. The Hall–Kier alpha value is -1.22. The Morgan fingerprint density at radius 2 is 1.88 bits per heavy atom. The number of hydrogen-bond donors (Lipinski definition) is 2. The van der Waals surface area contributed by atoms with E-state index in [0.29, 0.717) is 6.61 Å². The monoisotopic (exact) mass is 223 g/mol. The number of aliphatic hydroxyl groups excluding tert-OH is 1. The molecular formula is C13H21NO2. The topological polar surface area (TPSA) is 41.5 Å². The maximum Gasteiger partial charge on any atom is 0.119 e. The summed E-state index contributed by atoms with van der Waals surface area (Å²) in [6, 6.07) is 7.85. The molecule has 90 valence electrons. The third-order valence-electron chi connectivity index (χ3n) is 2.36. The van der Waals surface area contributed by atoms with E-state index in [1.165, 1.54) is 0 Å². The van der Waals surface area contributed by atoms with Gasteiger partial charge in [0, 0.05) is 24.3 Å². The minimum Gasteiger partial charge on any atom is -0.494 e. The Morgan fingerprint density at radius 1 is 1.25 bits per heavy atom. The molecule has 0 aliphatic rings. The molecule has 1 aromatic carbocycles. The van der Waals surface area contributed by atoms with Crippen molar-refractivity contribution < 1.29 is 9.84 Å². The number of aliphatic hydroxyl groups is 1. The fourth-order valence-corrected chi connectivity index (χ4v) is 1.23. The summed E-state index contributed by atoms with van der Waals surface area (Å²) in [5.41, 5.74) is 0.948. The van der Waals surface area contributed by atoms with Crippen molar-refractivity contribution in [1.29, 1.82) is 0 Å². The fourth-order valence-electron chi connectivity index (χ4n) is 1.23. The standard InChI is InChI=1S/C13H21NO2/c1-4-16-12-7-5-11(6-8-12)14-9-13(2,3)10-15/h5-8,14-15H,4,9-10H2,1-3H3. The van der Waals surface area contributed by atoms with E-state index in [9.17, 15) is 0 Å². The second-order valence-corrected chi connectivity index (χ2v) is 4.63. The van der Waals surface area contributed by atoms with Crippen LogP contribution in [-0.2, 0) is 0 Å². The van der Waals surface area contributed by atoms with Gasteiger partial charge in [-0.15, -0.1) is 0 Å². The zero-order chi connectivity index (χ0) is 12.0. The van der Waals surface area contributed by atoms with Gasteiger partial charge in [-0.25, -0.2) is 0 Å². The smallest absolute Gasteiger partial charge is 0.119 e. The SMILES string of the molecule is CCOc1ccc(NCC(C)(C)CO)cc1. The summed E-state index contributed by atoms with van der Waals surface area (Å²) in [6.45, 7) is 7.62. The van der Waals surface area contributed by atoms with Crippen LogP contribution >= 0.6 is 0 Å². The summed E-state index contributed by atoms with van der Waals surface area (Å²) in [5.74, 6) is 0.884. The quantitative estimate of drug-likeness (QED) is 0.778. The first-order valence-electron chi connectivity index (χ1n) is 5.65. The van der Waals surface area contributed by atoms with E-state index in [-0.39, 0.29) is 12.0 Å². The van der Waals surface area contributed by atoms with E-state index in [0.717, 1.165) is 18.0 Å². The molecule has 0 heterocycles. The molecule has 0 aliphatic heterocycles. The van der Waals surface area contributed by atoms with Crippen LogP contribution in [-0.4, -0.2) is 24.9 Å². The highest BCUT2D eigenvalue weighted by Gasteiger charge is 2.15. The van der Waals surface area contributed by atoms with Crippen molar-refractivity contribution in [3.63, 3.8) is 0 Å². The van der Waals surface area contributed by atoms with Crippen LogP contribution in [0.2, 0.25) is 0 Å². The van der Waals surface area contributed by atoms with E-state index in [2.05, 4.69) is 5.32 Å². The lowest BCUT2D eigenvalue weighted by molar-refractivity contribution is 0.171. The molecule has 3 heteroatoms. The number of ether oxygens (including phenoxy) is 1. The van der Waals surface area contributed by atoms with Crippen LogP contribution in [0.1, 0.15) is 20.8 Å². The Balaban J connectivity index is 2.49. The van der Waals surface area contributed by atoms with Gasteiger partial charge in [-0.1, -0.05) is 13.8 Å². The van der Waals surface area contributed by atoms with Gasteiger partial charge in [0.2, 0.25) is 0 Å². The highest BCUT2D eigenvalue weighted by molar-refractivity contribution is 5.46. The lowest BCUT2D eigenvalue weighted by Gasteiger charge is -2.22. The zero-order valence-electron chi connectivity index (χ0n) is 10.3. The summed E-state index contributed by atoms with van der Waals surface area (Å²) in [7, 11) is 0. The Bertz CT molecular complexity index is 306. The van der Waals surface area contributed by atoms with Crippen molar-refractivity contribution in [3.05, 3.63) is 24.3 Å². The second-order valence-electron chi connectivity index (χ2n) is 4.63. The summed E-state index contributed by atoms with van der Waals surface area (Å²) < 4.78 is 5.36. The van der Waals surface area contributed by atoms with Crippen LogP contribution in [0.4, 0.5) is 5.69 Å². The van der Waals surface area contributed by atoms with Gasteiger partial charge in [-0.05, 0) is 31.2 Å². The second kappa shape index (κ2) is 5.75. The summed E-state index contributed by atoms with van der Waals surface area (Å²) in [6.07, 6.45) is 0. The first-order valence-corrected chi connectivity index (χ1v) is 5.65. The molecule has 0 saturated carbocycles. The van der Waals surface area contributed by atoms with Crippen molar-refractivity contribution in [1.82, 2.24) is 0 Å². The molecule has 1 rings (SSSR count). The van der Waals surface area contributed by atoms with Gasteiger partial charge in [0.25, 0.3) is 0 Å². The van der Waals surface area contributed by atoms with Crippen molar-refractivity contribution >= 4 is 5.69 Å². The van der Waals surface area contributed by atoms with E-state index in [1.54, 1.807) is 0 Å². The number of anilines is 1. The van der Waals surface area contributed by atoms with Crippen LogP contribution in [0.5, 0.6) is 5.75 Å². The molecule has 0 fully saturated rings. The van der Waals surface area contributed by atoms with E-state index in [1.807, 2.05) is 45.0 Å². The Kier molecular flexibility index (Phi) is 4.62. The van der Waals surface area contributed by atoms with Crippen LogP contribution in [0.25, 0.3) is 0 Å². The minimum absolute atomic E-state index is 0.0986. The first-order chi connectivity index (χ1) is 7.57. The molecule has 0 bridgehead atoms. The molecule has 0 aromatic heterocycles. The average molecular weight is 223 g/mol. The largest absolute Gasteiger partial charge is 0.494 e. The van der Waals surface area contributed by atoms with Crippen molar-refractivity contribution in [2.45, 2.75) is 20.8 Å². The molecule has 0 atom stereocenters. The van der Waals surface area contributed by atoms with Gasteiger partial charge in [-0.2, -0.15) is 0 Å². The summed E-state index contributed by atoms with van der Waals surface area (Å²) in [4.78, 5) is 0. The van der Waals surface area contributed by atoms with Crippen LogP contribution < -0.4 is 10.1 Å². The van der Waals surface area contributed by atoms with Crippen molar-refractivity contribution in [2.75, 3.05) is 25.1 Å². The maximum absolute atomic E-state index is 9.13. The first kappa shape index (κ1) is 12.8. The van der Waals surface area contributed by atoms with E-state index < -0.39 is 0 Å². The van der Waals surface area contributed by atoms with Crippen molar-refractivity contribution in [2.24, 2.45) is 5.41 Å². The van der Waals surface area contributed by atoms with Crippen LogP contribution in [0, 0.1) is 5.41 Å². The lowest BCUT2D eigenvalue weighted by Crippen LogP contribution is -2.26. The molecule has 0 radical (unpaired) electrons. The molecule has 0 spiro atoms. The highest BCUT2D eigenvalue weighted by atomic mass is 16.5. The molecule has 0 saturated heterocycles. The number of benzene rings is 1. The van der Waals surface area contributed by atoms with E-state index >= 15 is 0 Å². The number of nitrogens with one attached hydrogen (secondary N) is 1. The third-order valence-corrected chi connectivity index (χ3v) is 2.36. The lowest BCUT2D eigenvalue weighted by atomic mass is 9.95. The summed E-state index contributed by atoms with van der Waals surface area (Å²) in [5, 5.41) is 12.4. The van der Waals surface area contributed by atoms with Crippen LogP contribution in [0.15, 0.2) is 24.3 Å². The van der Waals surface area contributed by atoms with Gasteiger partial charge in [0.15, 0.2) is 0 Å². The van der Waals surface area contributed by atoms with Crippen LogP contribution in [0.3, 0.4) is 0 Å². The molecule has 0 unspecified atom stereocenters. The molecule has 0 amide bonds. The Labute approximate surface area is 97.4 Å². The molecule has 0 aliphatic carbocycles. The highest BCUT2D eigenvalue weighted by Crippen LogP contribution is 2.18. The maximum atomic E-state index is 9.13. The molecular weight excluding hydrogens is 202 g/mol. The fraction of sp³-hybridized carbons (Fsp3) is 0.538. The zero-order valence-corrected chi connectivity index (χ0v) is 10.3. The summed E-state index contributed by atoms with van der Waals surface area (Å²) >= 11 is 0. The van der Waals surface area contributed by atoms with Crippen molar-refractivity contribution in [3.8, 4) is 5.75 Å². The average Bonchev–Trinajstić information content (AvgIpc) is 2.29. The van der Waals surface area contributed by atoms with Gasteiger partial charge >= 0.3 is 0 Å². The molecule has 3 nitrogen and oxygen atoms in total. The Morgan fingerprint density at radius 3 is 2.38 bits per heavy atom. The van der Waals surface area contributed by atoms with E-state index in [4.69, 9.17) is 9.84 Å².